The van der Waals surface area contributed by atoms with Crippen LogP contribution in [0.15, 0.2) is 47.6 Å². The fraction of sp³-hybridized carbons (Fsp3) is 0.250. The van der Waals surface area contributed by atoms with Crippen molar-refractivity contribution in [1.29, 1.82) is 0 Å². The number of aryl methyl sites for hydroxylation is 1. The second-order valence-corrected chi connectivity index (χ2v) is 7.00. The molecule has 0 radical (unpaired) electrons. The number of pyridine rings is 1. The number of Topliss-reactive ketones (excluding diaryl/α,β-unsaturated/α-hetero) is 1. The number of aromatic nitrogens is 2. The molecule has 0 aliphatic heterocycles. The summed E-state index contributed by atoms with van der Waals surface area (Å²) in [6.45, 7) is 5.85. The Morgan fingerprint density at radius 2 is 1.96 bits per heavy atom. The fourth-order valence-corrected chi connectivity index (χ4v) is 3.95. The molecule has 0 spiro atoms. The summed E-state index contributed by atoms with van der Waals surface area (Å²) in [7, 11) is 0. The van der Waals surface area contributed by atoms with Gasteiger partial charge >= 0.3 is 0 Å². The Kier molecular flexibility index (Phi) is 5.44. The maximum atomic E-state index is 11.8. The first-order chi connectivity index (χ1) is 12.5. The number of aliphatic hydroxyl groups is 1. The van der Waals surface area contributed by atoms with Crippen molar-refractivity contribution in [3.05, 3.63) is 63.7 Å². The second-order valence-electron chi connectivity index (χ2n) is 6.03. The summed E-state index contributed by atoms with van der Waals surface area (Å²) in [5.41, 5.74) is 4.82. The third-order valence-corrected chi connectivity index (χ3v) is 5.49. The van der Waals surface area contributed by atoms with Crippen molar-refractivity contribution in [2.75, 3.05) is 6.61 Å². The molecule has 0 saturated heterocycles. The van der Waals surface area contributed by atoms with Gasteiger partial charge < -0.3 is 9.67 Å². The van der Waals surface area contributed by atoms with Crippen LogP contribution in [0.1, 0.15) is 28.0 Å². The van der Waals surface area contributed by atoms with E-state index in [1.165, 1.54) is 11.3 Å². The molecule has 134 valence electrons. The summed E-state index contributed by atoms with van der Waals surface area (Å²) in [6, 6.07) is 11.9. The number of carbonyl (C=O) groups excluding carboxylic acids is 1. The van der Waals surface area contributed by atoms with Crippen molar-refractivity contribution in [2.24, 2.45) is 4.99 Å². The first-order valence-electron chi connectivity index (χ1n) is 8.40. The smallest absolute Gasteiger partial charge is 0.190 e. The molecule has 1 N–H and O–H groups in total. The van der Waals surface area contributed by atoms with E-state index >= 15 is 0 Å². The van der Waals surface area contributed by atoms with E-state index < -0.39 is 0 Å². The highest BCUT2D eigenvalue weighted by Gasteiger charge is 2.13. The zero-order valence-corrected chi connectivity index (χ0v) is 15.9. The molecule has 2 heterocycles. The fourth-order valence-electron chi connectivity index (χ4n) is 2.87. The van der Waals surface area contributed by atoms with Gasteiger partial charge in [-0.15, -0.1) is 0 Å². The lowest BCUT2D eigenvalue weighted by molar-refractivity contribution is 0.102. The molecule has 0 atom stereocenters. The van der Waals surface area contributed by atoms with Crippen LogP contribution in [0.3, 0.4) is 0 Å². The van der Waals surface area contributed by atoms with Crippen LogP contribution >= 0.6 is 11.3 Å². The molecule has 6 heteroatoms. The third-order valence-electron chi connectivity index (χ3n) is 4.21. The average Bonchev–Trinajstić information content (AvgIpc) is 2.93. The minimum atomic E-state index is 0.00132. The van der Waals surface area contributed by atoms with Crippen molar-refractivity contribution in [3.8, 4) is 11.1 Å². The molecule has 2 aromatic heterocycles. The normalized spacial score (nSPS) is 11.8. The van der Waals surface area contributed by atoms with Crippen molar-refractivity contribution < 1.29 is 9.90 Å². The van der Waals surface area contributed by atoms with E-state index in [4.69, 9.17) is 0 Å². The molecule has 0 aliphatic carbocycles. The molecule has 3 aromatic rings. The minimum absolute atomic E-state index is 0.00132. The largest absolute Gasteiger partial charge is 0.395 e. The van der Waals surface area contributed by atoms with E-state index in [-0.39, 0.29) is 12.4 Å². The maximum Gasteiger partial charge on any atom is 0.190 e. The Balaban J connectivity index is 2.02. The zero-order chi connectivity index (χ0) is 18.7. The summed E-state index contributed by atoms with van der Waals surface area (Å²) in [5.74, 6) is 0.0167. The zero-order valence-electron chi connectivity index (χ0n) is 15.1. The predicted octanol–water partition coefficient (Wildman–Crippen LogP) is 3.66. The number of hydrogen-bond acceptors (Lipinski definition) is 5. The van der Waals surface area contributed by atoms with Gasteiger partial charge in [0, 0.05) is 36.6 Å². The third kappa shape index (κ3) is 3.66. The quantitative estimate of drug-likeness (QED) is 0.700. The lowest BCUT2D eigenvalue weighted by atomic mass is 10.0. The Morgan fingerprint density at radius 3 is 2.58 bits per heavy atom. The van der Waals surface area contributed by atoms with Gasteiger partial charge in [0.1, 0.15) is 0 Å². The van der Waals surface area contributed by atoms with Gasteiger partial charge in [0.2, 0.25) is 0 Å². The molecule has 0 fully saturated rings. The van der Waals surface area contributed by atoms with Crippen molar-refractivity contribution in [2.45, 2.75) is 27.3 Å². The minimum Gasteiger partial charge on any atom is -0.395 e. The number of benzene rings is 1. The molecule has 0 bridgehead atoms. The molecule has 0 aliphatic rings. The first-order valence-corrected chi connectivity index (χ1v) is 9.21. The number of ketones is 1. The highest BCUT2D eigenvalue weighted by molar-refractivity contribution is 7.11. The van der Waals surface area contributed by atoms with Crippen LogP contribution in [0.2, 0.25) is 0 Å². The molecule has 0 saturated carbocycles. The van der Waals surface area contributed by atoms with Gasteiger partial charge in [-0.3, -0.25) is 9.78 Å². The lowest BCUT2D eigenvalue weighted by Crippen LogP contribution is -2.18. The Hall–Kier alpha value is -2.57. The van der Waals surface area contributed by atoms with E-state index in [2.05, 4.69) is 9.98 Å². The maximum absolute atomic E-state index is 11.8. The second kappa shape index (κ2) is 7.76. The summed E-state index contributed by atoms with van der Waals surface area (Å²) >= 11 is 1.36. The Morgan fingerprint density at radius 1 is 1.23 bits per heavy atom. The van der Waals surface area contributed by atoms with Gasteiger partial charge in [0.05, 0.1) is 17.2 Å². The molecular weight excluding hydrogens is 346 g/mol. The average molecular weight is 367 g/mol. The summed E-state index contributed by atoms with van der Waals surface area (Å²) in [5, 5.41) is 9.32. The molecule has 0 amide bonds. The van der Waals surface area contributed by atoms with Crippen molar-refractivity contribution >= 4 is 22.8 Å². The van der Waals surface area contributed by atoms with E-state index in [1.807, 2.05) is 54.8 Å². The number of aliphatic hydroxyl groups excluding tert-OH is 1. The number of rotatable bonds is 5. The van der Waals surface area contributed by atoms with Crippen molar-refractivity contribution in [3.63, 3.8) is 0 Å². The van der Waals surface area contributed by atoms with Crippen molar-refractivity contribution in [1.82, 2.24) is 9.55 Å². The van der Waals surface area contributed by atoms with Gasteiger partial charge in [0.25, 0.3) is 0 Å². The summed E-state index contributed by atoms with van der Waals surface area (Å²) < 4.78 is 1.89. The first kappa shape index (κ1) is 18.2. The van der Waals surface area contributed by atoms with E-state index in [0.717, 1.165) is 28.2 Å². The number of carbonyl (C=O) groups is 1. The lowest BCUT2D eigenvalue weighted by Gasteiger charge is -2.05. The molecule has 1 aromatic carbocycles. The van der Waals surface area contributed by atoms with Gasteiger partial charge in [-0.05, 0) is 37.6 Å². The van der Waals surface area contributed by atoms with Crippen LogP contribution in [0, 0.1) is 13.8 Å². The SMILES string of the molecule is CC(=O)c1sc(=Nc2ccc(-c3cccnc3C)cc2)n(CCO)c1C. The van der Waals surface area contributed by atoms with E-state index in [9.17, 15) is 9.90 Å². The van der Waals surface area contributed by atoms with Gasteiger partial charge in [-0.1, -0.05) is 29.5 Å². The molecule has 26 heavy (non-hydrogen) atoms. The number of thiazole rings is 1. The van der Waals surface area contributed by atoms with Crippen LogP contribution in [-0.4, -0.2) is 27.0 Å². The van der Waals surface area contributed by atoms with Crippen LogP contribution in [0.4, 0.5) is 5.69 Å². The van der Waals surface area contributed by atoms with E-state index in [1.54, 1.807) is 13.1 Å². The van der Waals surface area contributed by atoms with E-state index in [0.29, 0.717) is 16.2 Å². The summed E-state index contributed by atoms with van der Waals surface area (Å²) in [6.07, 6.45) is 1.79. The standard InChI is InChI=1S/C20H21N3O2S/c1-13-18(5-4-10-21-13)16-6-8-17(9-7-16)22-20-23(11-12-24)14(2)19(26-20)15(3)25/h4-10,24H,11-12H2,1-3H3. The number of hydrogen-bond donors (Lipinski definition) is 1. The monoisotopic (exact) mass is 367 g/mol. The summed E-state index contributed by atoms with van der Waals surface area (Å²) in [4.78, 5) is 22.2. The topological polar surface area (TPSA) is 67.5 Å². The number of nitrogens with zero attached hydrogens (tertiary/aromatic N) is 3. The highest BCUT2D eigenvalue weighted by atomic mass is 32.1. The van der Waals surface area contributed by atoms with Crippen LogP contribution in [0.5, 0.6) is 0 Å². The molecular formula is C20H21N3O2S. The van der Waals surface area contributed by atoms with Gasteiger partial charge in [-0.2, -0.15) is 0 Å². The highest BCUT2D eigenvalue weighted by Crippen LogP contribution is 2.24. The molecule has 0 unspecified atom stereocenters. The predicted molar refractivity (Wildman–Crippen MR) is 104 cm³/mol. The Bertz CT molecular complexity index is 1000. The molecule has 3 rings (SSSR count). The van der Waals surface area contributed by atoms with Crippen LogP contribution in [-0.2, 0) is 6.54 Å². The van der Waals surface area contributed by atoms with Gasteiger partial charge in [-0.25, -0.2) is 4.99 Å². The van der Waals surface area contributed by atoms with Crippen LogP contribution < -0.4 is 4.80 Å². The van der Waals surface area contributed by atoms with Crippen LogP contribution in [0.25, 0.3) is 11.1 Å². The Labute approximate surface area is 156 Å². The van der Waals surface area contributed by atoms with Gasteiger partial charge in [0.15, 0.2) is 10.6 Å². The molecule has 5 nitrogen and oxygen atoms in total.